The van der Waals surface area contributed by atoms with E-state index in [9.17, 15) is 31.1 Å². The van der Waals surface area contributed by atoms with Gasteiger partial charge in [0.2, 0.25) is 0 Å². The van der Waals surface area contributed by atoms with E-state index in [4.69, 9.17) is 19.8 Å². The highest BCUT2D eigenvalue weighted by atomic mass is 32.1. The molecule has 0 bridgehead atoms. The summed E-state index contributed by atoms with van der Waals surface area (Å²) in [5.41, 5.74) is 4.50. The number of amides is 1. The van der Waals surface area contributed by atoms with Gasteiger partial charge in [0.05, 0.1) is 11.2 Å². The standard InChI is InChI=1S/C17H20N4OS.2C2HF3O2/c1-12-3-2-4-13(19-12)9-20-7-5-16-15(20)6-8-21(16)17(22)14-10-23-11-18-14;2*3-2(4,5)1(6)7/h2-4,10-11,15-16H,5-9H2,1H3;2*(H,6,7)/t15-,16+;;/m0../s1. The van der Waals surface area contributed by atoms with Gasteiger partial charge in [-0.15, -0.1) is 11.3 Å². The van der Waals surface area contributed by atoms with Gasteiger partial charge in [0, 0.05) is 42.8 Å². The van der Waals surface area contributed by atoms with E-state index in [2.05, 4.69) is 27.0 Å². The van der Waals surface area contributed by atoms with Gasteiger partial charge in [-0.3, -0.25) is 14.7 Å². The summed E-state index contributed by atoms with van der Waals surface area (Å²) in [6, 6.07) is 6.97. The SMILES string of the molecule is Cc1cccc(CN2CC[C@@H]3[C@@H]2CCN3C(=O)c2cscn2)n1.O=C(O)C(F)(F)F.O=C(O)C(F)(F)F. The summed E-state index contributed by atoms with van der Waals surface area (Å²) in [6.45, 7) is 4.77. The Labute approximate surface area is 210 Å². The number of rotatable bonds is 3. The summed E-state index contributed by atoms with van der Waals surface area (Å²) >= 11 is 1.48. The maximum absolute atomic E-state index is 12.6. The summed E-state index contributed by atoms with van der Waals surface area (Å²) in [4.78, 5) is 43.7. The van der Waals surface area contributed by atoms with Crippen molar-refractivity contribution in [1.82, 2.24) is 19.8 Å². The van der Waals surface area contributed by atoms with E-state index < -0.39 is 24.3 Å². The van der Waals surface area contributed by atoms with Crippen molar-refractivity contribution < 1.29 is 50.9 Å². The van der Waals surface area contributed by atoms with Gasteiger partial charge in [0.25, 0.3) is 5.91 Å². The number of hydrogen-bond acceptors (Lipinski definition) is 7. The quantitative estimate of drug-likeness (QED) is 0.550. The molecule has 4 heterocycles. The molecular formula is C21H22F6N4O5S. The molecule has 2 aliphatic rings. The van der Waals surface area contributed by atoms with Crippen molar-refractivity contribution in [3.05, 3.63) is 46.2 Å². The van der Waals surface area contributed by atoms with Gasteiger partial charge in [-0.2, -0.15) is 26.3 Å². The van der Waals surface area contributed by atoms with Crippen molar-refractivity contribution in [1.29, 1.82) is 0 Å². The molecule has 2 atom stereocenters. The van der Waals surface area contributed by atoms with Crippen molar-refractivity contribution in [2.45, 2.75) is 50.7 Å². The molecule has 0 spiro atoms. The Balaban J connectivity index is 0.000000286. The molecule has 0 aromatic carbocycles. The van der Waals surface area contributed by atoms with Gasteiger partial charge in [-0.25, -0.2) is 14.6 Å². The highest BCUT2D eigenvalue weighted by Gasteiger charge is 2.44. The fourth-order valence-electron chi connectivity index (χ4n) is 3.88. The molecule has 2 fully saturated rings. The van der Waals surface area contributed by atoms with Crippen LogP contribution in [0.4, 0.5) is 26.3 Å². The molecule has 2 aromatic rings. The van der Waals surface area contributed by atoms with Crippen LogP contribution in [0.25, 0.3) is 0 Å². The number of aliphatic carboxylic acids is 2. The van der Waals surface area contributed by atoms with Crippen LogP contribution in [0.5, 0.6) is 0 Å². The molecule has 37 heavy (non-hydrogen) atoms. The fourth-order valence-corrected chi connectivity index (χ4v) is 4.41. The predicted octanol–water partition coefficient (Wildman–Crippen LogP) is 3.60. The number of alkyl halides is 6. The summed E-state index contributed by atoms with van der Waals surface area (Å²) in [7, 11) is 0. The van der Waals surface area contributed by atoms with Gasteiger partial charge in [-0.1, -0.05) is 6.07 Å². The zero-order valence-corrected chi connectivity index (χ0v) is 20.0. The average molecular weight is 556 g/mol. The fraction of sp³-hybridized carbons (Fsp3) is 0.476. The molecule has 2 saturated heterocycles. The number of thiazole rings is 1. The zero-order valence-electron chi connectivity index (χ0n) is 19.2. The number of aromatic nitrogens is 2. The van der Waals surface area contributed by atoms with Crippen LogP contribution in [0.1, 0.15) is 34.7 Å². The number of carboxylic acid groups (broad SMARTS) is 2. The van der Waals surface area contributed by atoms with Crippen LogP contribution in [-0.2, 0) is 16.1 Å². The Morgan fingerprint density at radius 1 is 1.00 bits per heavy atom. The van der Waals surface area contributed by atoms with Crippen molar-refractivity contribution in [3.8, 4) is 0 Å². The van der Waals surface area contributed by atoms with E-state index >= 15 is 0 Å². The number of aryl methyl sites for hydroxylation is 1. The molecule has 204 valence electrons. The molecule has 16 heteroatoms. The van der Waals surface area contributed by atoms with E-state index in [1.165, 1.54) is 11.3 Å². The number of likely N-dealkylation sites (tertiary alicyclic amines) is 2. The normalized spacial score (nSPS) is 19.3. The lowest BCUT2D eigenvalue weighted by molar-refractivity contribution is -0.193. The molecule has 1 amide bonds. The van der Waals surface area contributed by atoms with Gasteiger partial charge < -0.3 is 15.1 Å². The summed E-state index contributed by atoms with van der Waals surface area (Å²) in [6.07, 6.45) is -8.07. The van der Waals surface area contributed by atoms with E-state index in [0.717, 1.165) is 43.9 Å². The van der Waals surface area contributed by atoms with Crippen LogP contribution in [0.3, 0.4) is 0 Å². The maximum Gasteiger partial charge on any atom is 0.490 e. The van der Waals surface area contributed by atoms with Crippen molar-refractivity contribution in [2.24, 2.45) is 0 Å². The molecule has 0 saturated carbocycles. The van der Waals surface area contributed by atoms with E-state index in [1.807, 2.05) is 23.3 Å². The van der Waals surface area contributed by atoms with Gasteiger partial charge in [-0.05, 0) is 31.9 Å². The lowest BCUT2D eigenvalue weighted by Gasteiger charge is -2.25. The Kier molecular flexibility index (Phi) is 9.97. The van der Waals surface area contributed by atoms with Crippen LogP contribution in [-0.4, -0.2) is 85.4 Å². The maximum atomic E-state index is 12.6. The molecule has 2 N–H and O–H groups in total. The Hall–Kier alpha value is -3.27. The summed E-state index contributed by atoms with van der Waals surface area (Å²) in [5, 5.41) is 16.1. The first-order valence-electron chi connectivity index (χ1n) is 10.6. The zero-order chi connectivity index (χ0) is 28.0. The Morgan fingerprint density at radius 3 is 2.05 bits per heavy atom. The van der Waals surface area contributed by atoms with Crippen molar-refractivity contribution >= 4 is 29.2 Å². The number of halogens is 6. The van der Waals surface area contributed by atoms with Crippen LogP contribution in [0.2, 0.25) is 0 Å². The smallest absolute Gasteiger partial charge is 0.475 e. The van der Waals surface area contributed by atoms with Crippen LogP contribution in [0, 0.1) is 6.92 Å². The van der Waals surface area contributed by atoms with E-state index in [1.54, 1.807) is 5.51 Å². The van der Waals surface area contributed by atoms with Crippen LogP contribution < -0.4 is 0 Å². The molecule has 0 unspecified atom stereocenters. The summed E-state index contributed by atoms with van der Waals surface area (Å²) in [5.74, 6) is -5.42. The predicted molar refractivity (Wildman–Crippen MR) is 117 cm³/mol. The molecule has 0 aliphatic carbocycles. The minimum absolute atomic E-state index is 0.0919. The largest absolute Gasteiger partial charge is 0.490 e. The topological polar surface area (TPSA) is 124 Å². The number of carbonyl (C=O) groups is 3. The number of pyridine rings is 1. The first-order chi connectivity index (χ1) is 17.1. The molecular weight excluding hydrogens is 534 g/mol. The average Bonchev–Trinajstić information content (AvgIpc) is 3.52. The van der Waals surface area contributed by atoms with Gasteiger partial charge >= 0.3 is 24.3 Å². The van der Waals surface area contributed by atoms with E-state index in [0.29, 0.717) is 17.8 Å². The second-order valence-electron chi connectivity index (χ2n) is 7.93. The molecule has 9 nitrogen and oxygen atoms in total. The third-order valence-corrected chi connectivity index (χ3v) is 5.99. The Morgan fingerprint density at radius 2 is 1.57 bits per heavy atom. The first-order valence-corrected chi connectivity index (χ1v) is 11.5. The third-order valence-electron chi connectivity index (χ3n) is 5.40. The second kappa shape index (κ2) is 12.3. The summed E-state index contributed by atoms with van der Waals surface area (Å²) < 4.78 is 63.5. The highest BCUT2D eigenvalue weighted by molar-refractivity contribution is 7.07. The molecule has 2 aliphatic heterocycles. The number of hydrogen-bond donors (Lipinski definition) is 2. The van der Waals surface area contributed by atoms with Gasteiger partial charge in [0.15, 0.2) is 0 Å². The highest BCUT2D eigenvalue weighted by Crippen LogP contribution is 2.33. The van der Waals surface area contributed by atoms with Crippen LogP contribution >= 0.6 is 11.3 Å². The molecule has 4 rings (SSSR count). The third kappa shape index (κ3) is 8.66. The minimum Gasteiger partial charge on any atom is -0.475 e. The van der Waals surface area contributed by atoms with Crippen LogP contribution in [0.15, 0.2) is 29.1 Å². The number of carboxylic acids is 2. The monoisotopic (exact) mass is 556 g/mol. The van der Waals surface area contributed by atoms with Gasteiger partial charge in [0.1, 0.15) is 5.69 Å². The number of fused-ring (bicyclic) bond motifs is 1. The molecule has 0 radical (unpaired) electrons. The van der Waals surface area contributed by atoms with Crippen molar-refractivity contribution in [2.75, 3.05) is 13.1 Å². The Bertz CT molecular complexity index is 1060. The number of carbonyl (C=O) groups excluding carboxylic acids is 1. The second-order valence-corrected chi connectivity index (χ2v) is 8.65. The molecule has 2 aromatic heterocycles. The lowest BCUT2D eigenvalue weighted by Crippen LogP contribution is -2.39. The lowest BCUT2D eigenvalue weighted by atomic mass is 10.1. The minimum atomic E-state index is -5.08. The van der Waals surface area contributed by atoms with Crippen molar-refractivity contribution in [3.63, 3.8) is 0 Å². The van der Waals surface area contributed by atoms with E-state index in [-0.39, 0.29) is 5.91 Å². The number of nitrogens with zero attached hydrogens (tertiary/aromatic N) is 4. The first kappa shape index (κ1) is 30.0.